The predicted octanol–water partition coefficient (Wildman–Crippen LogP) is 9.63. The van der Waals surface area contributed by atoms with E-state index in [2.05, 4.69) is 59.0 Å². The Morgan fingerprint density at radius 1 is 0.780 bits per heavy atom. The Balaban J connectivity index is 1.76. The van der Waals surface area contributed by atoms with Crippen molar-refractivity contribution in [3.63, 3.8) is 0 Å². The van der Waals surface area contributed by atoms with Gasteiger partial charge in [0.2, 0.25) is 0 Å². The minimum atomic E-state index is -3.71. The lowest BCUT2D eigenvalue weighted by atomic mass is 9.75. The second kappa shape index (κ2) is 14.7. The lowest BCUT2D eigenvalue weighted by molar-refractivity contribution is -0.00694. The average Bonchev–Trinajstić information content (AvgIpc) is 2.93. The van der Waals surface area contributed by atoms with Gasteiger partial charge in [-0.3, -0.25) is 9.88 Å². The maximum absolute atomic E-state index is 15.6. The molecule has 1 unspecified atom stereocenters. The van der Waals surface area contributed by atoms with Crippen LogP contribution in [0.2, 0.25) is 0 Å². The highest BCUT2D eigenvalue weighted by molar-refractivity contribution is 7.54. The van der Waals surface area contributed by atoms with Crippen molar-refractivity contribution >= 4 is 7.60 Å². The van der Waals surface area contributed by atoms with Crippen molar-refractivity contribution in [1.29, 1.82) is 0 Å². The smallest absolute Gasteiger partial charge is 0.352 e. The molecule has 2 saturated carbocycles. The molecule has 2 aromatic carbocycles. The number of methoxy groups -OCH3 is 1. The maximum atomic E-state index is 15.6. The quantitative estimate of drug-likeness (QED) is 0.252. The molecule has 2 aromatic rings. The van der Waals surface area contributed by atoms with Gasteiger partial charge in [-0.2, -0.15) is 0 Å². The van der Waals surface area contributed by atoms with E-state index in [1.54, 1.807) is 7.11 Å². The van der Waals surface area contributed by atoms with Crippen molar-refractivity contribution in [3.05, 3.63) is 65.7 Å². The Hall–Kier alpha value is -1.65. The van der Waals surface area contributed by atoms with Crippen molar-refractivity contribution in [2.75, 3.05) is 7.11 Å². The molecule has 0 spiro atoms. The lowest BCUT2D eigenvalue weighted by Crippen LogP contribution is -2.38. The van der Waals surface area contributed by atoms with Gasteiger partial charge in [0.1, 0.15) is 11.5 Å². The summed E-state index contributed by atoms with van der Waals surface area (Å²) in [5, 5.41) is 3.67. The summed E-state index contributed by atoms with van der Waals surface area (Å²) in [6.45, 7) is 14.3. The Bertz CT molecular complexity index is 1070. The molecule has 1 N–H and O–H groups in total. The van der Waals surface area contributed by atoms with E-state index in [9.17, 15) is 0 Å². The Labute approximate surface area is 249 Å². The fourth-order valence-electron chi connectivity index (χ4n) is 7.00. The summed E-state index contributed by atoms with van der Waals surface area (Å²) in [6, 6.07) is 18.2. The van der Waals surface area contributed by atoms with E-state index in [0.29, 0.717) is 42.1 Å². The zero-order valence-corrected chi connectivity index (χ0v) is 27.3. The summed E-state index contributed by atoms with van der Waals surface area (Å²) in [6.07, 6.45) is 6.23. The van der Waals surface area contributed by atoms with Gasteiger partial charge in [0.05, 0.1) is 19.3 Å². The van der Waals surface area contributed by atoms with Gasteiger partial charge in [0.15, 0.2) is 0 Å². The van der Waals surface area contributed by atoms with Gasteiger partial charge in [0, 0.05) is 6.54 Å². The second-order valence-electron chi connectivity index (χ2n) is 13.5. The van der Waals surface area contributed by atoms with Crippen LogP contribution in [-0.2, 0) is 20.2 Å². The first-order chi connectivity index (χ1) is 19.6. The van der Waals surface area contributed by atoms with Gasteiger partial charge in [0.25, 0.3) is 0 Å². The van der Waals surface area contributed by atoms with Crippen LogP contribution >= 0.6 is 7.60 Å². The maximum Gasteiger partial charge on any atom is 0.352 e. The van der Waals surface area contributed by atoms with Crippen LogP contribution in [0.5, 0.6) is 5.75 Å². The molecule has 228 valence electrons. The summed E-state index contributed by atoms with van der Waals surface area (Å²) in [7, 11) is -2.04. The largest absolute Gasteiger partial charge is 0.497 e. The number of nitrogens with one attached hydrogen (secondary N) is 1. The minimum absolute atomic E-state index is 0.0950. The minimum Gasteiger partial charge on any atom is -0.497 e. The summed E-state index contributed by atoms with van der Waals surface area (Å²) in [5.74, 6) is 2.89. The highest BCUT2D eigenvalue weighted by Gasteiger charge is 2.46. The lowest BCUT2D eigenvalue weighted by Gasteiger charge is -2.43. The van der Waals surface area contributed by atoms with E-state index in [0.717, 1.165) is 42.6 Å². The van der Waals surface area contributed by atoms with Crippen molar-refractivity contribution < 1.29 is 18.3 Å². The topological polar surface area (TPSA) is 56.8 Å². The zero-order valence-electron chi connectivity index (χ0n) is 26.4. The van der Waals surface area contributed by atoms with Crippen LogP contribution in [0.1, 0.15) is 97.0 Å². The van der Waals surface area contributed by atoms with Crippen LogP contribution in [0, 0.1) is 35.5 Å². The van der Waals surface area contributed by atoms with Gasteiger partial charge >= 0.3 is 7.60 Å². The Kier molecular flexibility index (Phi) is 11.6. The second-order valence-corrected chi connectivity index (χ2v) is 15.5. The Morgan fingerprint density at radius 2 is 1.29 bits per heavy atom. The molecule has 2 aliphatic rings. The molecule has 6 heteroatoms. The zero-order chi connectivity index (χ0) is 29.6. The van der Waals surface area contributed by atoms with Gasteiger partial charge in [-0.15, -0.1) is 0 Å². The number of benzene rings is 2. The molecule has 0 bridgehead atoms. The molecule has 4 rings (SSSR count). The van der Waals surface area contributed by atoms with Gasteiger partial charge in [-0.1, -0.05) is 96.8 Å². The normalized spacial score (nSPS) is 29.3. The van der Waals surface area contributed by atoms with Crippen LogP contribution < -0.4 is 10.1 Å². The van der Waals surface area contributed by atoms with Crippen LogP contribution in [-0.4, -0.2) is 19.3 Å². The Morgan fingerprint density at radius 3 is 1.76 bits per heavy atom. The van der Waals surface area contributed by atoms with Crippen molar-refractivity contribution in [2.24, 2.45) is 35.5 Å². The molecule has 0 radical (unpaired) electrons. The summed E-state index contributed by atoms with van der Waals surface area (Å²) in [4.78, 5) is 0. The van der Waals surface area contributed by atoms with Crippen LogP contribution in [0.25, 0.3) is 0 Å². The number of hydrogen-bond acceptors (Lipinski definition) is 5. The summed E-state index contributed by atoms with van der Waals surface area (Å²) < 4.78 is 35.1. The summed E-state index contributed by atoms with van der Waals surface area (Å²) in [5.41, 5.74) is 2.04. The van der Waals surface area contributed by atoms with E-state index in [1.807, 2.05) is 42.5 Å². The fourth-order valence-corrected chi connectivity index (χ4v) is 9.39. The van der Waals surface area contributed by atoms with Crippen LogP contribution in [0.15, 0.2) is 54.6 Å². The van der Waals surface area contributed by atoms with E-state index < -0.39 is 13.4 Å². The molecule has 0 amide bonds. The van der Waals surface area contributed by atoms with Gasteiger partial charge in [-0.25, -0.2) is 0 Å². The molecule has 2 fully saturated rings. The van der Waals surface area contributed by atoms with E-state index in [4.69, 9.17) is 13.8 Å². The molecule has 0 heterocycles. The molecule has 0 saturated heterocycles. The third-order valence-corrected chi connectivity index (χ3v) is 11.8. The number of hydrogen-bond donors (Lipinski definition) is 1. The first-order valence-corrected chi connectivity index (χ1v) is 17.6. The number of ether oxygens (including phenoxy) is 1. The van der Waals surface area contributed by atoms with Gasteiger partial charge in [-0.05, 0) is 84.5 Å². The van der Waals surface area contributed by atoms with E-state index in [1.165, 1.54) is 12.8 Å². The average molecular weight is 584 g/mol. The highest BCUT2D eigenvalue weighted by atomic mass is 31.2. The van der Waals surface area contributed by atoms with Crippen molar-refractivity contribution in [3.8, 4) is 5.75 Å². The molecular weight excluding hydrogens is 529 g/mol. The number of rotatable bonds is 12. The molecule has 2 aliphatic carbocycles. The van der Waals surface area contributed by atoms with Crippen molar-refractivity contribution in [1.82, 2.24) is 5.32 Å². The van der Waals surface area contributed by atoms with E-state index in [-0.39, 0.29) is 12.2 Å². The molecule has 41 heavy (non-hydrogen) atoms. The monoisotopic (exact) mass is 583 g/mol. The van der Waals surface area contributed by atoms with Crippen LogP contribution in [0.4, 0.5) is 0 Å². The molecular formula is C35H54NO4P. The molecule has 8 atom stereocenters. The highest BCUT2D eigenvalue weighted by Crippen LogP contribution is 2.64. The fraction of sp³-hybridized carbons (Fsp3) is 0.657. The van der Waals surface area contributed by atoms with Gasteiger partial charge < -0.3 is 13.8 Å². The molecule has 0 aliphatic heterocycles. The predicted molar refractivity (Wildman–Crippen MR) is 169 cm³/mol. The SMILES string of the molecule is COc1ccc([C@@H](NCc2ccccc2)P(=O)(O[C@@H]2C[C@H](C)CC[C@@H]2C(C)C)O[C@@H]2C[C@@H](C)CC[C@@H]2C(C)C)cc1. The standard InChI is InChI=1S/C35H54NO4P/c1-24(2)31-19-13-26(5)21-33(31)39-41(37,40-34-22-27(6)14-20-32(34)25(3)4)35(29-15-17-30(38-7)18-16-29)36-23-28-11-9-8-10-12-28/h8-12,15-18,24-27,31-36H,13-14,19-23H2,1-7H3/t26-,27+,31-,32-,33-,34-,35+,41?/m1/s1. The van der Waals surface area contributed by atoms with E-state index >= 15 is 4.57 Å². The van der Waals surface area contributed by atoms with Crippen molar-refractivity contribution in [2.45, 2.75) is 105 Å². The third-order valence-electron chi connectivity index (χ3n) is 9.58. The molecule has 0 aromatic heterocycles. The molecule has 5 nitrogen and oxygen atoms in total. The third kappa shape index (κ3) is 8.47. The first kappa shape index (κ1) is 32.3. The van der Waals surface area contributed by atoms with Crippen LogP contribution in [0.3, 0.4) is 0 Å². The first-order valence-electron chi connectivity index (χ1n) is 16.0. The summed E-state index contributed by atoms with van der Waals surface area (Å²) >= 11 is 0.